The van der Waals surface area contributed by atoms with Crippen molar-refractivity contribution in [2.75, 3.05) is 17.7 Å². The summed E-state index contributed by atoms with van der Waals surface area (Å²) < 4.78 is 20.6. The Balaban J connectivity index is 1.63. The molecule has 130 valence electrons. The van der Waals surface area contributed by atoms with Crippen molar-refractivity contribution in [2.24, 2.45) is 0 Å². The van der Waals surface area contributed by atoms with Crippen LogP contribution in [0.4, 0.5) is 10.1 Å². The molecule has 0 spiro atoms. The maximum absolute atomic E-state index is 13.3. The highest BCUT2D eigenvalue weighted by Crippen LogP contribution is 2.32. The number of thioether (sulfide) groups is 1. The lowest BCUT2D eigenvalue weighted by atomic mass is 10.2. The average molecular weight is 376 g/mol. The van der Waals surface area contributed by atoms with E-state index in [9.17, 15) is 9.18 Å². The second kappa shape index (κ2) is 7.84. The van der Waals surface area contributed by atoms with Crippen LogP contribution in [0.2, 0.25) is 0 Å². The highest BCUT2D eigenvalue weighted by Gasteiger charge is 2.10. The molecule has 3 rings (SSSR count). The summed E-state index contributed by atoms with van der Waals surface area (Å²) in [5.74, 6) is 0.473. The molecule has 0 atom stereocenters. The Morgan fingerprint density at radius 2 is 2.16 bits per heavy atom. The van der Waals surface area contributed by atoms with E-state index in [2.05, 4.69) is 10.3 Å². The minimum absolute atomic E-state index is 0.187. The van der Waals surface area contributed by atoms with Gasteiger partial charge in [0.05, 0.1) is 22.6 Å². The third kappa shape index (κ3) is 4.49. The number of aryl methyl sites for hydroxylation is 1. The van der Waals surface area contributed by atoms with E-state index in [1.807, 2.05) is 32.0 Å². The quantitative estimate of drug-likeness (QED) is 0.624. The summed E-state index contributed by atoms with van der Waals surface area (Å²) in [4.78, 5) is 16.6. The van der Waals surface area contributed by atoms with E-state index in [0.717, 1.165) is 25.9 Å². The summed E-state index contributed by atoms with van der Waals surface area (Å²) in [5, 5.41) is 2.74. The van der Waals surface area contributed by atoms with Crippen LogP contribution in [0.5, 0.6) is 5.75 Å². The lowest BCUT2D eigenvalue weighted by Gasteiger charge is -2.07. The predicted octanol–water partition coefficient (Wildman–Crippen LogP) is 4.87. The summed E-state index contributed by atoms with van der Waals surface area (Å²) in [6.45, 7) is 4.38. The fourth-order valence-electron chi connectivity index (χ4n) is 2.24. The lowest BCUT2D eigenvalue weighted by molar-refractivity contribution is -0.113. The zero-order valence-electron chi connectivity index (χ0n) is 13.8. The minimum atomic E-state index is -0.371. The van der Waals surface area contributed by atoms with Gasteiger partial charge >= 0.3 is 0 Å². The molecule has 3 aromatic rings. The summed E-state index contributed by atoms with van der Waals surface area (Å²) >= 11 is 2.89. The Morgan fingerprint density at radius 3 is 2.96 bits per heavy atom. The van der Waals surface area contributed by atoms with Crippen molar-refractivity contribution in [3.05, 3.63) is 47.8 Å². The number of carbonyl (C=O) groups excluding carboxylic acids is 1. The molecule has 1 aromatic heterocycles. The van der Waals surface area contributed by atoms with Gasteiger partial charge in [-0.2, -0.15) is 0 Å². The number of benzene rings is 2. The molecule has 0 saturated carbocycles. The SMILES string of the molecule is CCOc1ccc2nc(SCC(=O)Nc3cc(F)ccc3C)sc2c1. The van der Waals surface area contributed by atoms with Crippen molar-refractivity contribution in [1.82, 2.24) is 4.98 Å². The number of amides is 1. The Kier molecular flexibility index (Phi) is 5.55. The fraction of sp³-hybridized carbons (Fsp3) is 0.222. The molecule has 0 aliphatic carbocycles. The topological polar surface area (TPSA) is 51.2 Å². The van der Waals surface area contributed by atoms with Gasteiger partial charge in [0.15, 0.2) is 4.34 Å². The molecule has 0 aliphatic heterocycles. The maximum Gasteiger partial charge on any atom is 0.234 e. The number of nitrogens with one attached hydrogen (secondary N) is 1. The van der Waals surface area contributed by atoms with Crippen LogP contribution in [-0.4, -0.2) is 23.3 Å². The van der Waals surface area contributed by atoms with E-state index in [4.69, 9.17) is 4.74 Å². The van der Waals surface area contributed by atoms with Crippen LogP contribution in [-0.2, 0) is 4.79 Å². The number of ether oxygens (including phenoxy) is 1. The second-order valence-electron chi connectivity index (χ2n) is 5.34. The molecular weight excluding hydrogens is 359 g/mol. The molecule has 25 heavy (non-hydrogen) atoms. The third-order valence-corrected chi connectivity index (χ3v) is 5.61. The van der Waals surface area contributed by atoms with E-state index in [0.29, 0.717) is 12.3 Å². The van der Waals surface area contributed by atoms with E-state index >= 15 is 0 Å². The molecule has 0 fully saturated rings. The van der Waals surface area contributed by atoms with Crippen molar-refractivity contribution in [3.63, 3.8) is 0 Å². The first kappa shape index (κ1) is 17.7. The zero-order valence-corrected chi connectivity index (χ0v) is 15.5. The molecule has 1 amide bonds. The van der Waals surface area contributed by atoms with Crippen LogP contribution < -0.4 is 10.1 Å². The number of hydrogen-bond acceptors (Lipinski definition) is 5. The monoisotopic (exact) mass is 376 g/mol. The summed E-state index contributed by atoms with van der Waals surface area (Å²) in [5.41, 5.74) is 2.21. The van der Waals surface area contributed by atoms with Crippen LogP contribution in [0.15, 0.2) is 40.7 Å². The van der Waals surface area contributed by atoms with Gasteiger partial charge in [0.1, 0.15) is 11.6 Å². The van der Waals surface area contributed by atoms with Gasteiger partial charge in [0, 0.05) is 5.69 Å². The maximum atomic E-state index is 13.3. The Morgan fingerprint density at radius 1 is 1.32 bits per heavy atom. The molecule has 2 aromatic carbocycles. The minimum Gasteiger partial charge on any atom is -0.494 e. The molecule has 0 saturated heterocycles. The first-order valence-electron chi connectivity index (χ1n) is 7.77. The van der Waals surface area contributed by atoms with Gasteiger partial charge in [-0.1, -0.05) is 17.8 Å². The van der Waals surface area contributed by atoms with Gasteiger partial charge in [0.2, 0.25) is 5.91 Å². The number of nitrogens with zero attached hydrogens (tertiary/aromatic N) is 1. The van der Waals surface area contributed by atoms with Crippen LogP contribution in [0.3, 0.4) is 0 Å². The molecule has 0 radical (unpaired) electrons. The zero-order chi connectivity index (χ0) is 17.8. The van der Waals surface area contributed by atoms with E-state index in [-0.39, 0.29) is 17.5 Å². The van der Waals surface area contributed by atoms with Crippen LogP contribution >= 0.6 is 23.1 Å². The second-order valence-corrected chi connectivity index (χ2v) is 7.59. The molecule has 4 nitrogen and oxygen atoms in total. The van der Waals surface area contributed by atoms with Gasteiger partial charge in [0.25, 0.3) is 0 Å². The fourth-order valence-corrected chi connectivity index (χ4v) is 4.14. The Hall–Kier alpha value is -2.12. The third-order valence-electron chi connectivity index (χ3n) is 3.45. The Labute approximate surface area is 153 Å². The van der Waals surface area contributed by atoms with Crippen LogP contribution in [0.1, 0.15) is 12.5 Å². The van der Waals surface area contributed by atoms with E-state index < -0.39 is 0 Å². The van der Waals surface area contributed by atoms with Crippen molar-refractivity contribution < 1.29 is 13.9 Å². The number of hydrogen-bond donors (Lipinski definition) is 1. The summed E-state index contributed by atoms with van der Waals surface area (Å²) in [6.07, 6.45) is 0. The first-order valence-corrected chi connectivity index (χ1v) is 9.57. The number of thiazole rings is 1. The highest BCUT2D eigenvalue weighted by molar-refractivity contribution is 8.01. The summed E-state index contributed by atoms with van der Waals surface area (Å²) in [6, 6.07) is 10.1. The van der Waals surface area contributed by atoms with Gasteiger partial charge in [-0.15, -0.1) is 11.3 Å². The molecular formula is C18H17FN2O2S2. The molecule has 1 heterocycles. The van der Waals surface area contributed by atoms with E-state index in [1.165, 1.54) is 35.2 Å². The van der Waals surface area contributed by atoms with Crippen molar-refractivity contribution in [1.29, 1.82) is 0 Å². The van der Waals surface area contributed by atoms with Crippen LogP contribution in [0.25, 0.3) is 10.2 Å². The van der Waals surface area contributed by atoms with Gasteiger partial charge in [-0.3, -0.25) is 4.79 Å². The molecule has 7 heteroatoms. The van der Waals surface area contributed by atoms with Crippen molar-refractivity contribution in [2.45, 2.75) is 18.2 Å². The number of rotatable bonds is 6. The largest absolute Gasteiger partial charge is 0.494 e. The highest BCUT2D eigenvalue weighted by atomic mass is 32.2. The lowest BCUT2D eigenvalue weighted by Crippen LogP contribution is -2.14. The molecule has 0 aliphatic rings. The normalized spacial score (nSPS) is 10.8. The predicted molar refractivity (Wildman–Crippen MR) is 101 cm³/mol. The number of halogens is 1. The first-order chi connectivity index (χ1) is 12.0. The van der Waals surface area contributed by atoms with Gasteiger partial charge in [-0.05, 0) is 49.7 Å². The summed E-state index contributed by atoms with van der Waals surface area (Å²) in [7, 11) is 0. The smallest absolute Gasteiger partial charge is 0.234 e. The number of anilines is 1. The van der Waals surface area contributed by atoms with Crippen molar-refractivity contribution in [3.8, 4) is 5.75 Å². The number of fused-ring (bicyclic) bond motifs is 1. The van der Waals surface area contributed by atoms with Gasteiger partial charge < -0.3 is 10.1 Å². The standard InChI is InChI=1S/C18H17FN2O2S2/c1-3-23-13-6-7-14-16(9-13)25-18(21-14)24-10-17(22)20-15-8-12(19)5-4-11(15)2/h4-9H,3,10H2,1-2H3,(H,20,22). The Bertz CT molecular complexity index is 911. The van der Waals surface area contributed by atoms with Crippen molar-refractivity contribution >= 4 is 44.9 Å². The average Bonchev–Trinajstić information content (AvgIpc) is 2.99. The van der Waals surface area contributed by atoms with Crippen LogP contribution in [0, 0.1) is 12.7 Å². The van der Waals surface area contributed by atoms with Gasteiger partial charge in [-0.25, -0.2) is 9.37 Å². The molecule has 0 unspecified atom stereocenters. The molecule has 0 bridgehead atoms. The molecule has 1 N–H and O–H groups in total. The number of aromatic nitrogens is 1. The number of carbonyl (C=O) groups is 1. The van der Waals surface area contributed by atoms with E-state index in [1.54, 1.807) is 6.07 Å².